The van der Waals surface area contributed by atoms with Crippen LogP contribution in [-0.2, 0) is 19.1 Å². The summed E-state index contributed by atoms with van der Waals surface area (Å²) < 4.78 is 17.7. The molecule has 0 saturated carbocycles. The van der Waals surface area contributed by atoms with Gasteiger partial charge >= 0.3 is 5.97 Å². The van der Waals surface area contributed by atoms with Crippen molar-refractivity contribution >= 4 is 35.1 Å². The first kappa shape index (κ1) is 20.6. The molecule has 0 aliphatic carbocycles. The second-order valence-corrected chi connectivity index (χ2v) is 5.67. The number of esters is 1. The molecular formula is C19H18FN3O5. The van der Waals surface area contributed by atoms with E-state index in [1.165, 1.54) is 43.3 Å². The molecule has 0 unspecified atom stereocenters. The second-order valence-electron chi connectivity index (χ2n) is 5.67. The zero-order valence-corrected chi connectivity index (χ0v) is 15.0. The largest absolute Gasteiger partial charge is 0.452 e. The predicted molar refractivity (Wildman–Crippen MR) is 99.1 cm³/mol. The van der Waals surface area contributed by atoms with Crippen LogP contribution >= 0.6 is 0 Å². The lowest BCUT2D eigenvalue weighted by atomic mass is 10.2. The number of hydrogen-bond donors (Lipinski definition) is 3. The molecule has 0 atom stereocenters. The summed E-state index contributed by atoms with van der Waals surface area (Å²) in [6.45, 7) is 0.417. The van der Waals surface area contributed by atoms with Crippen molar-refractivity contribution in [3.8, 4) is 0 Å². The van der Waals surface area contributed by atoms with Crippen LogP contribution in [0, 0.1) is 5.82 Å². The zero-order chi connectivity index (χ0) is 20.5. The van der Waals surface area contributed by atoms with Crippen molar-refractivity contribution in [3.63, 3.8) is 0 Å². The molecule has 0 aliphatic heterocycles. The Bertz CT molecular complexity index is 883. The van der Waals surface area contributed by atoms with Crippen LogP contribution in [0.2, 0.25) is 0 Å². The summed E-state index contributed by atoms with van der Waals surface area (Å²) in [5, 5.41) is 7.30. The highest BCUT2D eigenvalue weighted by Crippen LogP contribution is 2.11. The van der Waals surface area contributed by atoms with Gasteiger partial charge in [-0.2, -0.15) is 0 Å². The van der Waals surface area contributed by atoms with Crippen molar-refractivity contribution in [2.75, 3.05) is 23.8 Å². The van der Waals surface area contributed by atoms with E-state index in [2.05, 4.69) is 16.0 Å². The number of ether oxygens (including phenoxy) is 1. The summed E-state index contributed by atoms with van der Waals surface area (Å²) >= 11 is 0. The highest BCUT2D eigenvalue weighted by molar-refractivity contribution is 5.96. The lowest BCUT2D eigenvalue weighted by Crippen LogP contribution is -2.35. The molecule has 28 heavy (non-hydrogen) atoms. The molecule has 0 spiro atoms. The molecule has 8 nitrogen and oxygen atoms in total. The number of anilines is 2. The fraction of sp³-hybridized carbons (Fsp3) is 0.158. The third-order valence-corrected chi connectivity index (χ3v) is 3.33. The van der Waals surface area contributed by atoms with Gasteiger partial charge in [0, 0.05) is 18.3 Å². The van der Waals surface area contributed by atoms with Gasteiger partial charge in [0.05, 0.1) is 12.1 Å². The maximum Gasteiger partial charge on any atom is 0.338 e. The lowest BCUT2D eigenvalue weighted by Gasteiger charge is -2.08. The molecule has 0 aromatic heterocycles. The number of rotatable bonds is 7. The summed E-state index contributed by atoms with van der Waals surface area (Å²) in [5.41, 5.74) is 0.961. The summed E-state index contributed by atoms with van der Waals surface area (Å²) in [5.74, 6) is -2.66. The first-order valence-corrected chi connectivity index (χ1v) is 8.20. The van der Waals surface area contributed by atoms with Crippen LogP contribution < -0.4 is 16.0 Å². The fourth-order valence-corrected chi connectivity index (χ4v) is 2.11. The Hall–Kier alpha value is -3.75. The molecule has 3 N–H and O–H groups in total. The second kappa shape index (κ2) is 9.81. The van der Waals surface area contributed by atoms with Crippen LogP contribution in [0.15, 0.2) is 48.5 Å². The standard InChI is InChI=1S/C19H18FN3O5/c1-12(24)22-16-4-2-3-13(9-16)19(27)28-11-18(26)21-10-17(25)23-15-7-5-14(20)6-8-15/h2-9H,10-11H2,1H3,(H,21,26)(H,22,24)(H,23,25). The summed E-state index contributed by atoms with van der Waals surface area (Å²) in [6.07, 6.45) is 0. The maximum atomic E-state index is 12.8. The van der Waals surface area contributed by atoms with Gasteiger partial charge in [-0.1, -0.05) is 6.07 Å². The SMILES string of the molecule is CC(=O)Nc1cccc(C(=O)OCC(=O)NCC(=O)Nc2ccc(F)cc2)c1. The minimum Gasteiger partial charge on any atom is -0.452 e. The van der Waals surface area contributed by atoms with Crippen LogP contribution in [0.3, 0.4) is 0 Å². The molecule has 0 saturated heterocycles. The number of hydrogen-bond acceptors (Lipinski definition) is 5. The summed E-state index contributed by atoms with van der Waals surface area (Å²) in [4.78, 5) is 46.4. The molecule has 0 heterocycles. The summed E-state index contributed by atoms with van der Waals surface area (Å²) in [6, 6.07) is 11.2. The van der Waals surface area contributed by atoms with Crippen LogP contribution in [0.5, 0.6) is 0 Å². The lowest BCUT2D eigenvalue weighted by molar-refractivity contribution is -0.126. The molecule has 0 radical (unpaired) electrons. The van der Waals surface area contributed by atoms with Gasteiger partial charge in [-0.25, -0.2) is 9.18 Å². The Morgan fingerprint density at radius 1 is 0.929 bits per heavy atom. The molecule has 2 aromatic carbocycles. The normalized spacial score (nSPS) is 9.93. The van der Waals surface area contributed by atoms with Gasteiger partial charge in [-0.15, -0.1) is 0 Å². The van der Waals surface area contributed by atoms with E-state index in [0.29, 0.717) is 11.4 Å². The Balaban J connectivity index is 1.75. The van der Waals surface area contributed by atoms with E-state index in [9.17, 15) is 23.6 Å². The van der Waals surface area contributed by atoms with Gasteiger partial charge in [0.2, 0.25) is 11.8 Å². The zero-order valence-electron chi connectivity index (χ0n) is 15.0. The molecule has 2 rings (SSSR count). The quantitative estimate of drug-likeness (QED) is 0.626. The van der Waals surface area contributed by atoms with Crippen LogP contribution in [-0.4, -0.2) is 36.8 Å². The first-order valence-electron chi connectivity index (χ1n) is 8.20. The monoisotopic (exact) mass is 387 g/mol. The van der Waals surface area contributed by atoms with E-state index >= 15 is 0 Å². The van der Waals surface area contributed by atoms with Crippen molar-refractivity contribution in [1.29, 1.82) is 0 Å². The van der Waals surface area contributed by atoms with Gasteiger partial charge in [-0.3, -0.25) is 14.4 Å². The number of nitrogens with one attached hydrogen (secondary N) is 3. The average Bonchev–Trinajstić information content (AvgIpc) is 2.66. The number of benzene rings is 2. The third-order valence-electron chi connectivity index (χ3n) is 3.33. The highest BCUT2D eigenvalue weighted by atomic mass is 19.1. The number of carbonyl (C=O) groups is 4. The van der Waals surface area contributed by atoms with Gasteiger partial charge in [0.15, 0.2) is 6.61 Å². The van der Waals surface area contributed by atoms with E-state index in [1.54, 1.807) is 12.1 Å². The van der Waals surface area contributed by atoms with Crippen LogP contribution in [0.1, 0.15) is 17.3 Å². The Morgan fingerprint density at radius 3 is 2.32 bits per heavy atom. The predicted octanol–water partition coefficient (Wildman–Crippen LogP) is 1.70. The van der Waals surface area contributed by atoms with Gasteiger partial charge in [0.25, 0.3) is 5.91 Å². The Morgan fingerprint density at radius 2 is 1.64 bits per heavy atom. The van der Waals surface area contributed by atoms with E-state index in [-0.39, 0.29) is 18.0 Å². The van der Waals surface area contributed by atoms with Crippen LogP contribution in [0.4, 0.5) is 15.8 Å². The third kappa shape index (κ3) is 6.87. The number of halogens is 1. The molecule has 0 bridgehead atoms. The maximum absolute atomic E-state index is 12.8. The molecule has 2 aromatic rings. The summed E-state index contributed by atoms with van der Waals surface area (Å²) in [7, 11) is 0. The molecule has 3 amide bonds. The minimum atomic E-state index is -0.752. The Kier molecular flexibility index (Phi) is 7.21. The average molecular weight is 387 g/mol. The molecule has 146 valence electrons. The fourth-order valence-electron chi connectivity index (χ4n) is 2.11. The van der Waals surface area contributed by atoms with E-state index in [4.69, 9.17) is 4.74 Å². The molecule has 0 aliphatic rings. The molecule has 0 fully saturated rings. The van der Waals surface area contributed by atoms with E-state index in [0.717, 1.165) is 0 Å². The number of amides is 3. The number of carbonyl (C=O) groups excluding carboxylic acids is 4. The van der Waals surface area contributed by atoms with E-state index in [1.807, 2.05) is 0 Å². The highest BCUT2D eigenvalue weighted by Gasteiger charge is 2.12. The van der Waals surface area contributed by atoms with Gasteiger partial charge < -0.3 is 20.7 Å². The van der Waals surface area contributed by atoms with Crippen molar-refractivity contribution < 1.29 is 28.3 Å². The van der Waals surface area contributed by atoms with Gasteiger partial charge in [0.1, 0.15) is 5.82 Å². The van der Waals surface area contributed by atoms with Crippen molar-refractivity contribution in [3.05, 3.63) is 59.9 Å². The minimum absolute atomic E-state index is 0.160. The van der Waals surface area contributed by atoms with Gasteiger partial charge in [-0.05, 0) is 42.5 Å². The van der Waals surface area contributed by atoms with Crippen molar-refractivity contribution in [2.45, 2.75) is 6.92 Å². The molecular weight excluding hydrogens is 369 g/mol. The van der Waals surface area contributed by atoms with Crippen molar-refractivity contribution in [2.24, 2.45) is 0 Å². The molecule has 9 heteroatoms. The van der Waals surface area contributed by atoms with E-state index < -0.39 is 30.2 Å². The Labute approximate surface area is 160 Å². The first-order chi connectivity index (χ1) is 13.3. The van der Waals surface area contributed by atoms with Crippen molar-refractivity contribution in [1.82, 2.24) is 5.32 Å². The van der Waals surface area contributed by atoms with Crippen LogP contribution in [0.25, 0.3) is 0 Å². The topological polar surface area (TPSA) is 114 Å². The smallest absolute Gasteiger partial charge is 0.338 e.